The molecule has 0 aromatic heterocycles. The van der Waals surface area contributed by atoms with Crippen LogP contribution in [-0.4, -0.2) is 338 Å². The van der Waals surface area contributed by atoms with E-state index in [1.54, 1.807) is 54.1 Å². The Kier molecular flexibility index (Phi) is 49.4. The summed E-state index contributed by atoms with van der Waals surface area (Å²) in [4.78, 5) is 217. The summed E-state index contributed by atoms with van der Waals surface area (Å²) in [7, 11) is 8.25. The van der Waals surface area contributed by atoms with Crippen LogP contribution in [0.3, 0.4) is 0 Å². The molecule has 0 saturated carbocycles. The first-order chi connectivity index (χ1) is 57.7. The number of carboxylic acid groups (broad SMARTS) is 1. The number of likely N-dealkylation sites (N-methyl/N-ethyl adjacent to an activating group) is 2. The maximum atomic E-state index is 14.6. The van der Waals surface area contributed by atoms with Crippen molar-refractivity contribution >= 4 is 94.5 Å². The molecule has 0 bridgehead atoms. The molecule has 39 heteroatoms. The van der Waals surface area contributed by atoms with Gasteiger partial charge in [-0.15, -0.1) is 0 Å². The molecule has 3 rings (SSSR count). The van der Waals surface area contributed by atoms with Crippen molar-refractivity contribution in [2.24, 2.45) is 35.5 Å². The number of amides is 11. The van der Waals surface area contributed by atoms with Gasteiger partial charge in [-0.2, -0.15) is 0 Å². The number of likely N-dealkylation sites (tertiary alicyclic amines) is 1. The zero-order valence-electron chi connectivity index (χ0n) is 72.7. The largest absolute Gasteiger partial charge is 0.481 e. The lowest BCUT2D eigenvalue weighted by Gasteiger charge is -2.41. The maximum Gasteiger partial charge on any atom is 0.407 e. The van der Waals surface area contributed by atoms with E-state index in [2.05, 4.69) is 37.2 Å². The summed E-state index contributed by atoms with van der Waals surface area (Å²) in [6.07, 6.45) is -9.04. The van der Waals surface area contributed by atoms with Crippen LogP contribution in [0.5, 0.6) is 0 Å². The predicted octanol–water partition coefficient (Wildman–Crippen LogP) is -1.20. The number of aliphatic carboxylic acids is 1. The van der Waals surface area contributed by atoms with Crippen molar-refractivity contribution in [2.75, 3.05) is 121 Å². The van der Waals surface area contributed by atoms with Crippen molar-refractivity contribution < 1.29 is 136 Å². The van der Waals surface area contributed by atoms with Crippen LogP contribution in [0, 0.1) is 35.5 Å². The topological polar surface area (TPSA) is 547 Å². The second-order valence-electron chi connectivity index (χ2n) is 31.7. The molecule has 688 valence electrons. The van der Waals surface area contributed by atoms with Crippen LogP contribution in [0.4, 0.5) is 4.79 Å². The molecule has 11 amide bonds. The smallest absolute Gasteiger partial charge is 0.407 e. The molecule has 2 aliphatic heterocycles. The number of carbonyl (C=O) groups is 16. The highest BCUT2D eigenvalue weighted by Gasteiger charge is 2.45. The van der Waals surface area contributed by atoms with Gasteiger partial charge in [-0.3, -0.25) is 76.9 Å². The Balaban J connectivity index is 1.57. The number of alkyl carbamates (subject to hydrolysis) is 1. The molecule has 1 saturated heterocycles. The quantitative estimate of drug-likeness (QED) is 0.0207. The number of nitrogens with zero attached hydrogens (tertiary/aromatic N) is 4. The fourth-order valence-corrected chi connectivity index (χ4v) is 14.1. The third-order valence-corrected chi connectivity index (χ3v) is 21.4. The summed E-state index contributed by atoms with van der Waals surface area (Å²) in [5, 5.41) is 76.9. The van der Waals surface area contributed by atoms with Crippen LogP contribution in [0.25, 0.3) is 0 Å². The van der Waals surface area contributed by atoms with Gasteiger partial charge in [0.2, 0.25) is 47.3 Å². The van der Waals surface area contributed by atoms with Gasteiger partial charge in [0.05, 0.1) is 100 Å². The number of aliphatic hydroxyl groups is 5. The number of methoxy groups -OCH3 is 2. The second-order valence-corrected chi connectivity index (χ2v) is 31.7. The number of rotatable bonds is 62. The Hall–Kier alpha value is -9.32. The number of nitrogens with one attached hydrogen (secondary N) is 7. The molecule has 1 aromatic carbocycles. The van der Waals surface area contributed by atoms with Crippen LogP contribution in [0.1, 0.15) is 151 Å². The van der Waals surface area contributed by atoms with Crippen molar-refractivity contribution in [2.45, 2.75) is 225 Å². The van der Waals surface area contributed by atoms with Crippen LogP contribution < -0.4 is 37.2 Å². The molecule has 4 unspecified atom stereocenters. The second kappa shape index (κ2) is 56.4. The lowest BCUT2D eigenvalue weighted by Crippen LogP contribution is -2.59. The Labute approximate surface area is 713 Å². The van der Waals surface area contributed by atoms with Gasteiger partial charge in [0.1, 0.15) is 54.6 Å². The minimum absolute atomic E-state index is 0.00762. The highest BCUT2D eigenvalue weighted by Crippen LogP contribution is 2.31. The first kappa shape index (κ1) is 107. The number of Topliss-reactive ketones (excluding diaryl/α,β-unsaturated/α-hetero) is 3. The molecule has 0 aliphatic carbocycles. The fourth-order valence-electron chi connectivity index (χ4n) is 14.1. The number of esters is 1. The number of benzene rings is 1. The van der Waals surface area contributed by atoms with Gasteiger partial charge in [-0.05, 0) is 76.4 Å². The molecular formula is C83H133N11O28. The molecular weight excluding hydrogens is 1600 g/mol. The number of hydrogen-bond donors (Lipinski definition) is 13. The van der Waals surface area contributed by atoms with Crippen molar-refractivity contribution in [3.05, 3.63) is 48.0 Å². The molecule has 0 spiro atoms. The molecule has 0 radical (unpaired) electrons. The minimum atomic E-state index is -2.01. The van der Waals surface area contributed by atoms with Crippen molar-refractivity contribution in [3.63, 3.8) is 0 Å². The first-order valence-corrected chi connectivity index (χ1v) is 41.6. The first-order valence-electron chi connectivity index (χ1n) is 41.6. The van der Waals surface area contributed by atoms with Gasteiger partial charge in [0, 0.05) is 124 Å². The predicted molar refractivity (Wildman–Crippen MR) is 439 cm³/mol. The summed E-state index contributed by atoms with van der Waals surface area (Å²) in [6.45, 7) is 11.5. The lowest BCUT2D eigenvalue weighted by atomic mass is 9.89. The van der Waals surface area contributed by atoms with E-state index in [1.165, 1.54) is 21.1 Å². The third kappa shape index (κ3) is 37.4. The molecule has 122 heavy (non-hydrogen) atoms. The summed E-state index contributed by atoms with van der Waals surface area (Å²) >= 11 is 0. The van der Waals surface area contributed by atoms with Gasteiger partial charge in [0.15, 0.2) is 5.78 Å². The SMILES string of the molecule is CC[C@H](C)[C@@H]([C@@H](CC(=O)N1CCC[C@H]1[C@H](OC)[C@@H](C)C(=O)N[C@@H](Cc1ccccc1)C(=O)NCCCOC(=O)C(C)NC(=O)CCNC(=O)OCC(CC(=O)CNC(=O)CCOCCOCCCC(=O)CCN1C(=O)C=CC1=O)C(=O)CC(CCC(=O)NC[C@H](O)[C@@H](O)[C@H](O)[C@H](O)CO)C(=O)O)OC)N(C)C(=O)C(NC(=O)[C@H](C(C)C)N(C)C)C(C)C. The van der Waals surface area contributed by atoms with E-state index >= 15 is 0 Å². The Morgan fingerprint density at radius 3 is 1.88 bits per heavy atom. The van der Waals surface area contributed by atoms with Crippen LogP contribution in [-0.2, 0) is 107 Å². The van der Waals surface area contributed by atoms with E-state index in [9.17, 15) is 102 Å². The number of imide groups is 1. The summed E-state index contributed by atoms with van der Waals surface area (Å²) in [5.74, 6) is -13.8. The number of carboxylic acids is 1. The van der Waals surface area contributed by atoms with Gasteiger partial charge in [-0.1, -0.05) is 85.2 Å². The van der Waals surface area contributed by atoms with Gasteiger partial charge in [0.25, 0.3) is 11.8 Å². The van der Waals surface area contributed by atoms with E-state index in [-0.39, 0.29) is 126 Å². The highest BCUT2D eigenvalue weighted by atomic mass is 16.6. The zero-order chi connectivity index (χ0) is 91.5. The molecule has 1 fully saturated rings. The van der Waals surface area contributed by atoms with Crippen molar-refractivity contribution in [1.29, 1.82) is 0 Å². The maximum absolute atomic E-state index is 14.6. The Morgan fingerprint density at radius 2 is 1.27 bits per heavy atom. The third-order valence-electron chi connectivity index (χ3n) is 21.4. The highest BCUT2D eigenvalue weighted by molar-refractivity contribution is 6.13. The molecule has 39 nitrogen and oxygen atoms in total. The molecule has 16 atom stereocenters. The standard InChI is InChI=1S/C83H133N11O28/c1-14-51(6)73(92(11)80(112)71(49(2)3)90-79(111)72(50(4)5)91(9)10)64(117-12)44-70(106)93-34-18-24-60(93)76(118-13)52(7)77(109)89-59(41-54-21-16-15-17-22-54)78(110)84-32-20-37-121-82(115)53(8)88-67(103)29-33-85-83(116)122-48-56(61(98)43-55(81(113)114)25-26-65(101)87-46-62(99)74(107)75(108)63(100)47-95)42-58(97)45-86-66(102)31-38-120-40-39-119-36-19-23-57(96)30-35-94-68(104)27-28-69(94)105/h15-17,21-22,27-28,49-53,55-56,59-60,62-64,71-76,95,99-100,107-108H,14,18-20,23-26,29-48H2,1-13H3,(H,84,110)(H,85,116)(H,86,102)(H,87,101)(H,88,103)(H,89,109)(H,90,111)(H,113,114)/t51-,52+,53?,55?,56?,59-,60-,62-,63+,64+,71?,72-,73-,74+,75+,76+/m0/s1. The zero-order valence-corrected chi connectivity index (χ0v) is 72.7. The fraction of sp³-hybridized carbons (Fsp3) is 0.711. The molecule has 1 aromatic rings. The summed E-state index contributed by atoms with van der Waals surface area (Å²) < 4.78 is 33.6. The minimum Gasteiger partial charge on any atom is -0.481 e. The van der Waals surface area contributed by atoms with Crippen molar-refractivity contribution in [1.82, 2.24) is 56.8 Å². The average Bonchev–Trinajstić information content (AvgIpc) is 1.19. The van der Waals surface area contributed by atoms with Crippen LogP contribution in [0.2, 0.25) is 0 Å². The number of ketones is 3. The molecule has 2 heterocycles. The van der Waals surface area contributed by atoms with E-state index < -0.39 is 227 Å². The van der Waals surface area contributed by atoms with Crippen LogP contribution >= 0.6 is 0 Å². The van der Waals surface area contributed by atoms with E-state index in [4.69, 9.17) is 33.5 Å². The molecule has 2 aliphatic rings. The van der Waals surface area contributed by atoms with Gasteiger partial charge < -0.3 is 106 Å². The van der Waals surface area contributed by atoms with E-state index in [0.29, 0.717) is 32.2 Å². The van der Waals surface area contributed by atoms with Crippen molar-refractivity contribution in [3.8, 4) is 0 Å². The number of carbonyl (C=O) groups excluding carboxylic acids is 15. The van der Waals surface area contributed by atoms with Crippen LogP contribution in [0.15, 0.2) is 42.5 Å². The van der Waals surface area contributed by atoms with E-state index in [0.717, 1.165) is 22.6 Å². The summed E-state index contributed by atoms with van der Waals surface area (Å²) in [5.41, 5.74) is 0.728. The Bertz CT molecular complexity index is 3560. The van der Waals surface area contributed by atoms with Gasteiger partial charge >= 0.3 is 18.0 Å². The monoisotopic (exact) mass is 1730 g/mol. The number of hydrogen-bond acceptors (Lipinski definition) is 28. The number of ether oxygens (including phenoxy) is 6. The summed E-state index contributed by atoms with van der Waals surface area (Å²) in [6, 6.07) is 4.17. The average molecular weight is 1730 g/mol. The lowest BCUT2D eigenvalue weighted by molar-refractivity contribution is -0.148. The molecule has 13 N–H and O–H groups in total. The normalized spacial score (nSPS) is 17.1. The number of aliphatic hydroxyl groups excluding tert-OH is 5. The Morgan fingerprint density at radius 1 is 0.623 bits per heavy atom. The van der Waals surface area contributed by atoms with Gasteiger partial charge in [-0.25, -0.2) is 9.59 Å². The van der Waals surface area contributed by atoms with E-state index in [1.807, 2.05) is 60.5 Å².